The molecule has 1 aromatic carbocycles. The van der Waals surface area contributed by atoms with Gasteiger partial charge in [-0.05, 0) is 12.1 Å². The summed E-state index contributed by atoms with van der Waals surface area (Å²) in [6.07, 6.45) is 2.33. The smallest absolute Gasteiger partial charge is 0.150 e. The first-order chi connectivity index (χ1) is 7.83. The molecule has 0 saturated heterocycles. The predicted octanol–water partition coefficient (Wildman–Crippen LogP) is 2.43. The van der Waals surface area contributed by atoms with Gasteiger partial charge >= 0.3 is 0 Å². The van der Waals surface area contributed by atoms with Crippen LogP contribution in [-0.4, -0.2) is 11.3 Å². The van der Waals surface area contributed by atoms with Gasteiger partial charge in [0, 0.05) is 17.3 Å². The first-order valence-electron chi connectivity index (χ1n) is 4.75. The van der Waals surface area contributed by atoms with Crippen LogP contribution in [0, 0.1) is 11.3 Å². The second-order valence-corrected chi connectivity index (χ2v) is 3.28. The predicted molar refractivity (Wildman–Crippen MR) is 59.8 cm³/mol. The van der Waals surface area contributed by atoms with Gasteiger partial charge in [-0.25, -0.2) is 0 Å². The summed E-state index contributed by atoms with van der Waals surface area (Å²) in [6, 6.07) is 12.7. The highest BCUT2D eigenvalue weighted by Crippen LogP contribution is 2.17. The third-order valence-electron chi connectivity index (χ3n) is 2.24. The number of pyridine rings is 1. The van der Waals surface area contributed by atoms with E-state index >= 15 is 0 Å². The van der Waals surface area contributed by atoms with E-state index in [4.69, 9.17) is 5.26 Å². The summed E-state index contributed by atoms with van der Waals surface area (Å²) >= 11 is 0. The molecule has 0 radical (unpaired) electrons. The van der Waals surface area contributed by atoms with Gasteiger partial charge in [-0.15, -0.1) is 0 Å². The Kier molecular flexibility index (Phi) is 2.75. The fourth-order valence-corrected chi connectivity index (χ4v) is 1.36. The van der Waals surface area contributed by atoms with E-state index in [0.29, 0.717) is 11.1 Å². The molecule has 0 bridgehead atoms. The lowest BCUT2D eigenvalue weighted by Gasteiger charge is -2.00. The van der Waals surface area contributed by atoms with Crippen molar-refractivity contribution in [3.05, 3.63) is 53.7 Å². The highest BCUT2D eigenvalue weighted by atomic mass is 16.1. The molecule has 1 heterocycles. The molecule has 0 amide bonds. The van der Waals surface area contributed by atoms with Crippen LogP contribution in [-0.2, 0) is 0 Å². The van der Waals surface area contributed by atoms with Gasteiger partial charge in [-0.3, -0.25) is 9.78 Å². The molecule has 76 valence electrons. The summed E-state index contributed by atoms with van der Waals surface area (Å²) < 4.78 is 0. The van der Waals surface area contributed by atoms with Crippen molar-refractivity contribution in [1.29, 1.82) is 5.26 Å². The number of rotatable bonds is 2. The lowest BCUT2D eigenvalue weighted by molar-refractivity contribution is 0.112. The number of nitriles is 1. The van der Waals surface area contributed by atoms with Gasteiger partial charge in [0.2, 0.25) is 0 Å². The SMILES string of the molecule is N#Cc1ccc(-c2ccc(C=O)cc2)nc1. The van der Waals surface area contributed by atoms with Crippen molar-refractivity contribution in [2.75, 3.05) is 0 Å². The molecule has 0 atom stereocenters. The lowest BCUT2D eigenvalue weighted by Crippen LogP contribution is -1.85. The molecular formula is C13H8N2O. The number of carbonyl (C=O) groups excluding carboxylic acids is 1. The quantitative estimate of drug-likeness (QED) is 0.712. The largest absolute Gasteiger partial charge is 0.298 e. The number of hydrogen-bond donors (Lipinski definition) is 0. The summed E-state index contributed by atoms with van der Waals surface area (Å²) in [6.45, 7) is 0. The molecule has 3 nitrogen and oxygen atoms in total. The molecule has 3 heteroatoms. The Balaban J connectivity index is 2.35. The number of aldehydes is 1. The Morgan fingerprint density at radius 1 is 1.12 bits per heavy atom. The van der Waals surface area contributed by atoms with Crippen LogP contribution < -0.4 is 0 Å². The molecule has 0 aliphatic carbocycles. The molecule has 2 rings (SSSR count). The van der Waals surface area contributed by atoms with Crippen molar-refractivity contribution >= 4 is 6.29 Å². The van der Waals surface area contributed by atoms with Crippen molar-refractivity contribution in [3.63, 3.8) is 0 Å². The summed E-state index contributed by atoms with van der Waals surface area (Å²) in [4.78, 5) is 14.7. The van der Waals surface area contributed by atoms with Crippen LogP contribution >= 0.6 is 0 Å². The first kappa shape index (κ1) is 10.1. The van der Waals surface area contributed by atoms with Gasteiger partial charge in [0.05, 0.1) is 11.3 Å². The molecule has 16 heavy (non-hydrogen) atoms. The van der Waals surface area contributed by atoms with Crippen LogP contribution in [0.2, 0.25) is 0 Å². The topological polar surface area (TPSA) is 53.8 Å². The second kappa shape index (κ2) is 4.37. The molecular weight excluding hydrogens is 200 g/mol. The Bertz CT molecular complexity index is 536. The molecule has 0 unspecified atom stereocenters. The van der Waals surface area contributed by atoms with Crippen molar-refractivity contribution in [1.82, 2.24) is 4.98 Å². The zero-order valence-electron chi connectivity index (χ0n) is 8.42. The van der Waals surface area contributed by atoms with Crippen LogP contribution in [0.3, 0.4) is 0 Å². The molecule has 2 aromatic rings. The van der Waals surface area contributed by atoms with Gasteiger partial charge in [0.1, 0.15) is 12.4 Å². The van der Waals surface area contributed by atoms with Crippen LogP contribution in [0.25, 0.3) is 11.3 Å². The van der Waals surface area contributed by atoms with E-state index in [9.17, 15) is 4.79 Å². The Hall–Kier alpha value is -2.47. The van der Waals surface area contributed by atoms with E-state index in [1.165, 1.54) is 6.20 Å². The van der Waals surface area contributed by atoms with Crippen molar-refractivity contribution in [3.8, 4) is 17.3 Å². The Labute approximate surface area is 93.0 Å². The van der Waals surface area contributed by atoms with Crippen LogP contribution in [0.15, 0.2) is 42.6 Å². The molecule has 0 spiro atoms. The second-order valence-electron chi connectivity index (χ2n) is 3.28. The number of carbonyl (C=O) groups is 1. The number of aromatic nitrogens is 1. The van der Waals surface area contributed by atoms with E-state index in [0.717, 1.165) is 17.5 Å². The van der Waals surface area contributed by atoms with E-state index in [1.54, 1.807) is 24.3 Å². The molecule has 0 fully saturated rings. The molecule has 0 saturated carbocycles. The van der Waals surface area contributed by atoms with Crippen LogP contribution in [0.1, 0.15) is 15.9 Å². The Morgan fingerprint density at radius 3 is 2.38 bits per heavy atom. The third kappa shape index (κ3) is 1.96. The maximum Gasteiger partial charge on any atom is 0.150 e. The Morgan fingerprint density at radius 2 is 1.88 bits per heavy atom. The van der Waals surface area contributed by atoms with Crippen LogP contribution in [0.4, 0.5) is 0 Å². The summed E-state index contributed by atoms with van der Waals surface area (Å²) in [5, 5.41) is 8.64. The average molecular weight is 208 g/mol. The van der Waals surface area contributed by atoms with Crippen LogP contribution in [0.5, 0.6) is 0 Å². The number of hydrogen-bond acceptors (Lipinski definition) is 3. The number of nitrogens with zero attached hydrogens (tertiary/aromatic N) is 2. The highest BCUT2D eigenvalue weighted by Gasteiger charge is 1.99. The maximum absolute atomic E-state index is 10.5. The lowest BCUT2D eigenvalue weighted by atomic mass is 10.1. The minimum atomic E-state index is 0.535. The molecule has 0 N–H and O–H groups in total. The fraction of sp³-hybridized carbons (Fsp3) is 0. The number of benzene rings is 1. The van der Waals surface area contributed by atoms with Gasteiger partial charge in [0.25, 0.3) is 0 Å². The van der Waals surface area contributed by atoms with Crippen molar-refractivity contribution in [2.24, 2.45) is 0 Å². The minimum absolute atomic E-state index is 0.535. The van der Waals surface area contributed by atoms with Gasteiger partial charge in [-0.2, -0.15) is 5.26 Å². The molecule has 0 aliphatic heterocycles. The van der Waals surface area contributed by atoms with E-state index < -0.39 is 0 Å². The van der Waals surface area contributed by atoms with Crippen molar-refractivity contribution < 1.29 is 4.79 Å². The van der Waals surface area contributed by atoms with Gasteiger partial charge in [0.15, 0.2) is 0 Å². The normalized spacial score (nSPS) is 9.44. The monoisotopic (exact) mass is 208 g/mol. The highest BCUT2D eigenvalue weighted by molar-refractivity contribution is 5.76. The fourth-order valence-electron chi connectivity index (χ4n) is 1.36. The van der Waals surface area contributed by atoms with E-state index in [2.05, 4.69) is 4.98 Å². The third-order valence-corrected chi connectivity index (χ3v) is 2.24. The molecule has 1 aromatic heterocycles. The first-order valence-corrected chi connectivity index (χ1v) is 4.75. The zero-order valence-corrected chi connectivity index (χ0v) is 8.42. The standard InChI is InChI=1S/C13H8N2O/c14-7-11-3-6-13(15-8-11)12-4-1-10(9-16)2-5-12/h1-6,8-9H. The summed E-state index contributed by atoms with van der Waals surface area (Å²) in [7, 11) is 0. The molecule has 0 aliphatic rings. The van der Waals surface area contributed by atoms with E-state index in [1.807, 2.05) is 18.2 Å². The summed E-state index contributed by atoms with van der Waals surface area (Å²) in [5.74, 6) is 0. The van der Waals surface area contributed by atoms with Gasteiger partial charge < -0.3 is 0 Å². The average Bonchev–Trinajstić information content (AvgIpc) is 2.39. The summed E-state index contributed by atoms with van der Waals surface area (Å²) in [5.41, 5.74) is 2.89. The van der Waals surface area contributed by atoms with E-state index in [-0.39, 0.29) is 0 Å². The van der Waals surface area contributed by atoms with Gasteiger partial charge in [-0.1, -0.05) is 24.3 Å². The maximum atomic E-state index is 10.5. The minimum Gasteiger partial charge on any atom is -0.298 e. The van der Waals surface area contributed by atoms with Crippen molar-refractivity contribution in [2.45, 2.75) is 0 Å². The zero-order chi connectivity index (χ0) is 11.4.